The number of aliphatic hydroxyl groups is 1. The van der Waals surface area contributed by atoms with Crippen LogP contribution in [0.25, 0.3) is 0 Å². The Morgan fingerprint density at radius 1 is 0.787 bits per heavy atom. The molecule has 0 amide bonds. The number of hydrogen-bond acceptors (Lipinski definition) is 11. The molecule has 0 aliphatic rings. The molecule has 0 saturated carbocycles. The second-order valence-electron chi connectivity index (χ2n) is 8.10. The first-order chi connectivity index (χ1) is 21.6. The minimum absolute atomic E-state index is 0. The number of thioether (sulfide) groups is 1. The first-order valence-electron chi connectivity index (χ1n) is 12.5. The Balaban J connectivity index is 0. The summed E-state index contributed by atoms with van der Waals surface area (Å²) in [5, 5.41) is 12.8. The number of hydrogen-bond donors (Lipinski definition) is 2. The van der Waals surface area contributed by atoms with Gasteiger partial charge in [0, 0.05) is 42.6 Å². The van der Waals surface area contributed by atoms with E-state index in [1.54, 1.807) is 0 Å². The van der Waals surface area contributed by atoms with Crippen molar-refractivity contribution < 1.29 is 92.1 Å². The fraction of sp³-hybridized carbons (Fsp3) is 0.214. The van der Waals surface area contributed by atoms with E-state index in [0.717, 1.165) is 17.8 Å². The van der Waals surface area contributed by atoms with Crippen LogP contribution in [0.4, 0.5) is 17.6 Å². The zero-order chi connectivity index (χ0) is 35.1. The number of nitrogens with zero attached hydrogens (tertiary/aromatic N) is 4. The van der Waals surface area contributed by atoms with Gasteiger partial charge in [-0.3, -0.25) is 24.7 Å². The van der Waals surface area contributed by atoms with Crippen LogP contribution < -0.4 is 56.5 Å². The molecule has 0 spiro atoms. The van der Waals surface area contributed by atoms with Gasteiger partial charge in [0.15, 0.2) is 5.12 Å². The smallest absolute Gasteiger partial charge is 0.742 e. The summed E-state index contributed by atoms with van der Waals surface area (Å²) >= 11 is 10.4. The van der Waals surface area contributed by atoms with Crippen molar-refractivity contribution in [2.24, 2.45) is 5.14 Å². The SMILES string of the molecule is CC(=O)SCc1ncccc1F.CC(=O)[S-].Fc1cccnc1CCl.NS(=O)(=O)Cc1ncccc1F.OCc1ncccc1F.[K+]. The van der Waals surface area contributed by atoms with Crippen molar-refractivity contribution in [2.75, 3.05) is 0 Å². The van der Waals surface area contributed by atoms with Crippen LogP contribution in [0.1, 0.15) is 36.6 Å². The molecule has 4 aromatic rings. The van der Waals surface area contributed by atoms with Crippen molar-refractivity contribution in [3.8, 4) is 0 Å². The number of pyridine rings is 4. The molecule has 19 heteroatoms. The number of aliphatic hydroxyl groups excluding tert-OH is 1. The third kappa shape index (κ3) is 24.8. The standard InChI is InChI=1S/C8H8FNOS.C6H5ClFN.C6H7FN2O2S.C6H6FNO.C2H4OS.K/c1-6(11)12-5-8-7(9)3-2-4-10-8;7-4-6-5(8)2-1-3-9-6;7-5-2-1-3-9-6(5)4-12(8,10)11;7-5-2-1-3-8-6(5)4-9;1-2(3)4;/h2-4H,5H2,1H3;1-3H,4H2;1-3H,4H2,(H2,8,10,11);1-3,9H,4H2;1H3,(H,3,4);/q;;;;;+1/p-1. The third-order valence-corrected chi connectivity index (χ3v) is 6.12. The Morgan fingerprint density at radius 2 is 1.13 bits per heavy atom. The van der Waals surface area contributed by atoms with Crippen LogP contribution in [0.5, 0.6) is 0 Å². The van der Waals surface area contributed by atoms with Gasteiger partial charge in [0.25, 0.3) is 0 Å². The predicted octanol–water partition coefficient (Wildman–Crippen LogP) is 1.77. The summed E-state index contributed by atoms with van der Waals surface area (Å²) < 4.78 is 71.4. The number of halogens is 5. The van der Waals surface area contributed by atoms with Gasteiger partial charge < -0.3 is 22.5 Å². The van der Waals surface area contributed by atoms with E-state index in [-0.39, 0.29) is 97.1 Å². The van der Waals surface area contributed by atoms with E-state index in [1.165, 1.54) is 81.1 Å². The molecule has 47 heavy (non-hydrogen) atoms. The number of carbonyl (C=O) groups is 2. The molecular formula is C28H29ClF4KN5O5S3. The Morgan fingerprint density at radius 3 is 1.38 bits per heavy atom. The van der Waals surface area contributed by atoms with Crippen LogP contribution in [-0.4, -0.2) is 43.7 Å². The summed E-state index contributed by atoms with van der Waals surface area (Å²) in [5.74, 6) is -1.95. The minimum atomic E-state index is -3.70. The summed E-state index contributed by atoms with van der Waals surface area (Å²) in [6.07, 6.45) is 5.78. The predicted molar refractivity (Wildman–Crippen MR) is 169 cm³/mol. The molecule has 0 fully saturated rings. The number of aromatic nitrogens is 4. The second-order valence-corrected chi connectivity index (χ2v) is 11.7. The molecular weight excluding hydrogens is 733 g/mol. The Hall–Kier alpha value is -1.97. The van der Waals surface area contributed by atoms with Crippen molar-refractivity contribution in [1.29, 1.82) is 0 Å². The van der Waals surface area contributed by atoms with Crippen molar-refractivity contribution in [2.45, 2.75) is 37.8 Å². The average molecular weight is 762 g/mol. The molecule has 4 aromatic heterocycles. The molecule has 0 saturated heterocycles. The van der Waals surface area contributed by atoms with E-state index in [2.05, 4.69) is 32.6 Å². The van der Waals surface area contributed by atoms with Crippen LogP contribution in [0.15, 0.2) is 73.3 Å². The second kappa shape index (κ2) is 26.9. The van der Waals surface area contributed by atoms with Crippen LogP contribution in [0.2, 0.25) is 0 Å². The normalized spacial score (nSPS) is 9.64. The summed E-state index contributed by atoms with van der Waals surface area (Å²) in [6, 6.07) is 11.0. The number of primary sulfonamides is 1. The van der Waals surface area contributed by atoms with Gasteiger partial charge >= 0.3 is 51.4 Å². The fourth-order valence-electron chi connectivity index (χ4n) is 2.46. The summed E-state index contributed by atoms with van der Waals surface area (Å²) in [7, 11) is -3.70. The van der Waals surface area contributed by atoms with E-state index < -0.39 is 27.4 Å². The molecule has 0 unspecified atom stereocenters. The van der Waals surface area contributed by atoms with Gasteiger partial charge in [0.05, 0.1) is 29.6 Å². The van der Waals surface area contributed by atoms with Crippen LogP contribution >= 0.6 is 23.4 Å². The largest absolute Gasteiger partial charge is 1.00 e. The Bertz CT molecular complexity index is 1580. The molecule has 4 rings (SSSR count). The van der Waals surface area contributed by atoms with E-state index in [0.29, 0.717) is 17.1 Å². The molecule has 0 radical (unpaired) electrons. The topological polar surface area (TPSA) is 166 Å². The maximum absolute atomic E-state index is 12.9. The van der Waals surface area contributed by atoms with Gasteiger partial charge in [-0.2, -0.15) is 0 Å². The molecule has 0 bridgehead atoms. The van der Waals surface area contributed by atoms with Crippen molar-refractivity contribution >= 4 is 56.2 Å². The number of carbonyl (C=O) groups excluding carboxylic acids is 2. The van der Waals surface area contributed by atoms with Gasteiger partial charge in [0.1, 0.15) is 34.7 Å². The van der Waals surface area contributed by atoms with Crippen LogP contribution in [0.3, 0.4) is 0 Å². The molecule has 4 heterocycles. The zero-order valence-electron chi connectivity index (χ0n) is 25.3. The average Bonchev–Trinajstić information content (AvgIpc) is 2.98. The van der Waals surface area contributed by atoms with E-state index in [1.807, 2.05) is 0 Å². The van der Waals surface area contributed by atoms with E-state index in [9.17, 15) is 35.6 Å². The van der Waals surface area contributed by atoms with Crippen molar-refractivity contribution in [3.63, 3.8) is 0 Å². The Labute approximate surface area is 327 Å². The molecule has 0 aliphatic carbocycles. The quantitative estimate of drug-likeness (QED) is 0.127. The molecule has 250 valence electrons. The van der Waals surface area contributed by atoms with Gasteiger partial charge in [0.2, 0.25) is 10.0 Å². The van der Waals surface area contributed by atoms with Gasteiger partial charge in [-0.15, -0.1) is 11.6 Å². The minimum Gasteiger partial charge on any atom is -0.742 e. The maximum atomic E-state index is 12.9. The number of alkyl halides is 1. The molecule has 10 nitrogen and oxygen atoms in total. The number of rotatable bonds is 6. The summed E-state index contributed by atoms with van der Waals surface area (Å²) in [5.41, 5.74) is 0.578. The van der Waals surface area contributed by atoms with E-state index in [4.69, 9.17) is 21.8 Å². The molecule has 0 atom stereocenters. The maximum Gasteiger partial charge on any atom is 1.00 e. The molecule has 0 aromatic carbocycles. The van der Waals surface area contributed by atoms with Crippen molar-refractivity contribution in [1.82, 2.24) is 19.9 Å². The summed E-state index contributed by atoms with van der Waals surface area (Å²) in [4.78, 5) is 34.4. The number of nitrogens with two attached hydrogens (primary N) is 1. The van der Waals surface area contributed by atoms with Crippen molar-refractivity contribution in [3.05, 3.63) is 119 Å². The van der Waals surface area contributed by atoms with Gasteiger partial charge in [-0.05, 0) is 55.5 Å². The first kappa shape index (κ1) is 47.1. The van der Waals surface area contributed by atoms with Gasteiger partial charge in [-0.25, -0.2) is 31.1 Å². The molecule has 0 aliphatic heterocycles. The van der Waals surface area contributed by atoms with E-state index >= 15 is 0 Å². The van der Waals surface area contributed by atoms with Crippen LogP contribution in [-0.2, 0) is 56.2 Å². The monoisotopic (exact) mass is 761 g/mol. The summed E-state index contributed by atoms with van der Waals surface area (Å²) in [6.45, 7) is 2.45. The molecule has 3 N–H and O–H groups in total. The fourth-order valence-corrected chi connectivity index (χ4v) is 3.80. The van der Waals surface area contributed by atoms with Gasteiger partial charge in [-0.1, -0.05) is 11.8 Å². The van der Waals surface area contributed by atoms with Crippen LogP contribution in [0, 0.1) is 23.3 Å². The first-order valence-corrected chi connectivity index (χ1v) is 16.1. The third-order valence-electron chi connectivity index (χ3n) is 4.37. The zero-order valence-corrected chi connectivity index (χ0v) is 31.6. The Kier molecular flexibility index (Phi) is 27.0. The number of sulfonamides is 1.